The fourth-order valence-electron chi connectivity index (χ4n) is 4.02. The summed E-state index contributed by atoms with van der Waals surface area (Å²) in [5.41, 5.74) is 0. The number of phenolic OH excluding ortho intramolecular Hbond substituents is 1. The summed E-state index contributed by atoms with van der Waals surface area (Å²) < 4.78 is 12.2. The fraction of sp³-hybridized carbons (Fsp3) is 0.143. The van der Waals surface area contributed by atoms with E-state index in [0.717, 1.165) is 11.1 Å². The summed E-state index contributed by atoms with van der Waals surface area (Å²) >= 11 is 0. The average molecular weight is 474 g/mol. The standard InChI is InChI=1S/C28H29O3PSi/c1-30-33(2,3)22-31-27-20-19-23(29)21-28(27)32(24-13-7-4-8-14-24,25-15-9-5-10-16-25)26-17-11-6-12-18-26/h4-21H,22H2,1-3H3/p+1. The van der Waals surface area contributed by atoms with Crippen molar-refractivity contribution < 1.29 is 14.3 Å². The summed E-state index contributed by atoms with van der Waals surface area (Å²) in [5.74, 6) is 1.02. The molecule has 4 rings (SSSR count). The van der Waals surface area contributed by atoms with Crippen LogP contribution < -0.4 is 26.0 Å². The summed E-state index contributed by atoms with van der Waals surface area (Å²) in [7, 11) is -2.58. The topological polar surface area (TPSA) is 38.7 Å². The monoisotopic (exact) mass is 473 g/mol. The Morgan fingerprint density at radius 2 is 1.15 bits per heavy atom. The Morgan fingerprint density at radius 3 is 1.58 bits per heavy atom. The Bertz CT molecular complexity index is 1090. The van der Waals surface area contributed by atoms with Crippen molar-refractivity contribution in [3.63, 3.8) is 0 Å². The third-order valence-corrected chi connectivity index (χ3v) is 12.1. The van der Waals surface area contributed by atoms with Crippen molar-refractivity contribution in [2.75, 3.05) is 13.3 Å². The van der Waals surface area contributed by atoms with Crippen molar-refractivity contribution in [1.29, 1.82) is 0 Å². The molecule has 0 aliphatic rings. The van der Waals surface area contributed by atoms with E-state index in [2.05, 4.69) is 85.9 Å². The van der Waals surface area contributed by atoms with Crippen molar-refractivity contribution in [1.82, 2.24) is 0 Å². The van der Waals surface area contributed by atoms with Gasteiger partial charge in [0.1, 0.15) is 35.2 Å². The molecule has 0 bridgehead atoms. The van der Waals surface area contributed by atoms with Crippen LogP contribution in [0.3, 0.4) is 0 Å². The van der Waals surface area contributed by atoms with Crippen molar-refractivity contribution in [2.24, 2.45) is 0 Å². The SMILES string of the molecule is CO[Si](C)(C)COc1ccc(O)cc1[P+](c1ccccc1)(c1ccccc1)c1ccccc1. The van der Waals surface area contributed by atoms with Crippen LogP contribution in [0.25, 0.3) is 0 Å². The van der Waals surface area contributed by atoms with Gasteiger partial charge < -0.3 is 14.3 Å². The summed E-state index contributed by atoms with van der Waals surface area (Å²) in [5, 5.41) is 15.3. The number of phenols is 1. The van der Waals surface area contributed by atoms with Crippen LogP contribution >= 0.6 is 7.26 Å². The molecule has 0 aliphatic heterocycles. The molecule has 0 saturated heterocycles. The number of hydrogen-bond donors (Lipinski definition) is 1. The number of aromatic hydroxyl groups is 1. The van der Waals surface area contributed by atoms with Gasteiger partial charge in [0.2, 0.25) is 8.32 Å². The molecule has 4 aromatic rings. The number of hydrogen-bond acceptors (Lipinski definition) is 3. The Kier molecular flexibility index (Phi) is 6.99. The minimum Gasteiger partial charge on any atom is -0.508 e. The van der Waals surface area contributed by atoms with Gasteiger partial charge in [-0.25, -0.2) is 0 Å². The van der Waals surface area contributed by atoms with Gasteiger partial charge in [-0.15, -0.1) is 0 Å². The lowest BCUT2D eigenvalue weighted by Crippen LogP contribution is -2.41. The minimum atomic E-state index is -2.37. The maximum Gasteiger partial charge on any atom is 0.224 e. The molecule has 0 atom stereocenters. The van der Waals surface area contributed by atoms with Gasteiger partial charge in [-0.3, -0.25) is 0 Å². The molecule has 0 aliphatic carbocycles. The first-order chi connectivity index (χ1) is 16.0. The molecule has 0 aromatic heterocycles. The van der Waals surface area contributed by atoms with E-state index >= 15 is 0 Å². The van der Waals surface area contributed by atoms with Crippen molar-refractivity contribution in [3.05, 3.63) is 109 Å². The summed E-state index contributed by atoms with van der Waals surface area (Å²) in [6, 6.07) is 37.3. The highest BCUT2D eigenvalue weighted by molar-refractivity contribution is 8.01. The van der Waals surface area contributed by atoms with Crippen molar-refractivity contribution in [2.45, 2.75) is 13.1 Å². The van der Waals surface area contributed by atoms with Gasteiger partial charge >= 0.3 is 0 Å². The third kappa shape index (κ3) is 4.74. The predicted molar refractivity (Wildman–Crippen MR) is 143 cm³/mol. The smallest absolute Gasteiger partial charge is 0.224 e. The van der Waals surface area contributed by atoms with Gasteiger partial charge in [0.15, 0.2) is 11.1 Å². The largest absolute Gasteiger partial charge is 0.508 e. The maximum absolute atomic E-state index is 10.7. The number of benzene rings is 4. The van der Waals surface area contributed by atoms with Crippen molar-refractivity contribution >= 4 is 36.8 Å². The Labute approximate surface area is 198 Å². The zero-order valence-corrected chi connectivity index (χ0v) is 21.2. The van der Waals surface area contributed by atoms with Crippen LogP contribution in [0, 0.1) is 0 Å². The Balaban J connectivity index is 2.06. The first-order valence-electron chi connectivity index (χ1n) is 11.0. The molecule has 33 heavy (non-hydrogen) atoms. The quantitative estimate of drug-likeness (QED) is 0.296. The Hall–Kier alpha value is -2.91. The zero-order valence-electron chi connectivity index (χ0n) is 19.3. The van der Waals surface area contributed by atoms with Crippen LogP contribution in [0.2, 0.25) is 13.1 Å². The van der Waals surface area contributed by atoms with Crippen LogP contribution in [-0.4, -0.2) is 26.8 Å². The molecular weight excluding hydrogens is 443 g/mol. The minimum absolute atomic E-state index is 0.229. The van der Waals surface area contributed by atoms with Crippen LogP contribution in [0.15, 0.2) is 109 Å². The van der Waals surface area contributed by atoms with Crippen LogP contribution in [0.5, 0.6) is 11.5 Å². The molecule has 0 saturated carbocycles. The first kappa shape index (κ1) is 23.3. The number of ether oxygens (including phenoxy) is 1. The van der Waals surface area contributed by atoms with Gasteiger partial charge in [0.05, 0.1) is 0 Å². The van der Waals surface area contributed by atoms with Gasteiger partial charge in [-0.2, -0.15) is 0 Å². The molecule has 4 aromatic carbocycles. The van der Waals surface area contributed by atoms with Gasteiger partial charge in [-0.1, -0.05) is 54.6 Å². The molecule has 0 spiro atoms. The van der Waals surface area contributed by atoms with Crippen LogP contribution in [-0.2, 0) is 4.43 Å². The van der Waals surface area contributed by atoms with E-state index in [1.54, 1.807) is 13.2 Å². The summed E-state index contributed by atoms with van der Waals surface area (Å²) in [6.45, 7) is 4.28. The number of rotatable bonds is 8. The molecule has 0 amide bonds. The average Bonchev–Trinajstić information content (AvgIpc) is 2.86. The molecule has 5 heteroatoms. The van der Waals surface area contributed by atoms with E-state index in [9.17, 15) is 5.11 Å². The molecule has 0 fully saturated rings. The van der Waals surface area contributed by atoms with Gasteiger partial charge in [0, 0.05) is 13.2 Å². The summed E-state index contributed by atoms with van der Waals surface area (Å²) in [4.78, 5) is 0. The second-order valence-electron chi connectivity index (χ2n) is 8.58. The maximum atomic E-state index is 10.7. The highest BCUT2D eigenvalue weighted by Crippen LogP contribution is 2.56. The predicted octanol–water partition coefficient (Wildman–Crippen LogP) is 4.78. The molecule has 1 N–H and O–H groups in total. The van der Waals surface area contributed by atoms with E-state index in [-0.39, 0.29) is 5.75 Å². The normalized spacial score (nSPS) is 11.8. The lowest BCUT2D eigenvalue weighted by molar-refractivity contribution is 0.321. The molecule has 168 valence electrons. The zero-order chi connectivity index (χ0) is 23.3. The fourth-order valence-corrected chi connectivity index (χ4v) is 9.02. The van der Waals surface area contributed by atoms with Gasteiger partial charge in [0.25, 0.3) is 0 Å². The molecule has 0 radical (unpaired) electrons. The first-order valence-corrected chi connectivity index (χ1v) is 16.0. The van der Waals surface area contributed by atoms with E-state index in [1.807, 2.05) is 30.3 Å². The second-order valence-corrected chi connectivity index (χ2v) is 16.2. The Morgan fingerprint density at radius 1 is 0.697 bits per heavy atom. The van der Waals surface area contributed by atoms with Crippen LogP contribution in [0.4, 0.5) is 0 Å². The summed E-state index contributed by atoms with van der Waals surface area (Å²) in [6.07, 6.45) is 0.527. The van der Waals surface area contributed by atoms with E-state index in [0.29, 0.717) is 6.23 Å². The van der Waals surface area contributed by atoms with Crippen molar-refractivity contribution in [3.8, 4) is 11.5 Å². The second kappa shape index (κ2) is 9.92. The molecule has 3 nitrogen and oxygen atoms in total. The third-order valence-electron chi connectivity index (χ3n) is 5.86. The molecular formula is C28H30O3PSi+. The van der Waals surface area contributed by atoms with E-state index in [1.165, 1.54) is 15.9 Å². The van der Waals surface area contributed by atoms with Crippen LogP contribution in [0.1, 0.15) is 0 Å². The van der Waals surface area contributed by atoms with Gasteiger partial charge in [-0.05, 0) is 61.6 Å². The molecule has 0 unspecified atom stereocenters. The highest BCUT2D eigenvalue weighted by atomic mass is 31.2. The lowest BCUT2D eigenvalue weighted by Gasteiger charge is -2.29. The van der Waals surface area contributed by atoms with E-state index < -0.39 is 15.6 Å². The highest BCUT2D eigenvalue weighted by Gasteiger charge is 2.50. The molecule has 0 heterocycles. The van der Waals surface area contributed by atoms with E-state index in [4.69, 9.17) is 9.16 Å². The lowest BCUT2D eigenvalue weighted by atomic mass is 10.3.